The van der Waals surface area contributed by atoms with Crippen molar-refractivity contribution in [2.45, 2.75) is 44.7 Å². The Morgan fingerprint density at radius 3 is 2.27 bits per heavy atom. The molecule has 7 heteroatoms. The van der Waals surface area contributed by atoms with Gasteiger partial charge in [0.05, 0.1) is 0 Å². The van der Waals surface area contributed by atoms with Crippen molar-refractivity contribution in [1.29, 1.82) is 0 Å². The lowest BCUT2D eigenvalue weighted by Gasteiger charge is -2.13. The van der Waals surface area contributed by atoms with Crippen molar-refractivity contribution in [2.24, 2.45) is 0 Å². The zero-order chi connectivity index (χ0) is 16.4. The predicted molar refractivity (Wildman–Crippen MR) is 76.9 cm³/mol. The lowest BCUT2D eigenvalue weighted by Crippen LogP contribution is -2.41. The molecule has 1 rings (SSSR count). The zero-order valence-corrected chi connectivity index (χ0v) is 12.3. The summed E-state index contributed by atoms with van der Waals surface area (Å²) in [6, 6.07) is 4.62. The van der Waals surface area contributed by atoms with E-state index >= 15 is 0 Å². The maximum absolute atomic E-state index is 11.7. The average Bonchev–Trinajstić information content (AvgIpc) is 2.48. The van der Waals surface area contributed by atoms with Gasteiger partial charge in [-0.25, -0.2) is 9.36 Å². The van der Waals surface area contributed by atoms with Crippen molar-refractivity contribution >= 4 is 17.8 Å². The summed E-state index contributed by atoms with van der Waals surface area (Å²) in [5, 5.41) is 19.9. The highest BCUT2D eigenvalue weighted by atomic mass is 16.4. The maximum atomic E-state index is 11.7. The standard InChI is InChI=1S/C15H20N2O5/c18-13(16-12(15(21)22)7-8-14(19)20)6-2-5-11-17-9-3-1-4-10-17/h1,3-4,9-10,12H,2,5-8,11H2,(H2-,16,18,19,20,21,22)/p+1. The number of carbonyl (C=O) groups excluding carboxylic acids is 1. The highest BCUT2D eigenvalue weighted by molar-refractivity contribution is 5.83. The lowest BCUT2D eigenvalue weighted by atomic mass is 10.1. The minimum Gasteiger partial charge on any atom is -0.481 e. The molecule has 1 unspecified atom stereocenters. The first-order valence-corrected chi connectivity index (χ1v) is 7.17. The summed E-state index contributed by atoms with van der Waals surface area (Å²) in [5.41, 5.74) is 0. The fourth-order valence-corrected chi connectivity index (χ4v) is 1.96. The van der Waals surface area contributed by atoms with Crippen LogP contribution < -0.4 is 9.88 Å². The molecule has 0 spiro atoms. The Balaban J connectivity index is 2.25. The highest BCUT2D eigenvalue weighted by Gasteiger charge is 2.20. The van der Waals surface area contributed by atoms with Crippen molar-refractivity contribution in [3.05, 3.63) is 30.6 Å². The largest absolute Gasteiger partial charge is 0.481 e. The highest BCUT2D eigenvalue weighted by Crippen LogP contribution is 2.01. The number of hydrogen-bond acceptors (Lipinski definition) is 3. The van der Waals surface area contributed by atoms with E-state index in [4.69, 9.17) is 10.2 Å². The first kappa shape index (κ1) is 17.6. The number of carboxylic acids is 2. The number of carbonyl (C=O) groups is 3. The minimum atomic E-state index is -1.21. The number of nitrogens with one attached hydrogen (secondary N) is 1. The first-order valence-electron chi connectivity index (χ1n) is 7.17. The molecule has 0 aliphatic rings. The summed E-state index contributed by atoms with van der Waals surface area (Å²) >= 11 is 0. The number of aryl methyl sites for hydroxylation is 1. The van der Waals surface area contributed by atoms with Crippen molar-refractivity contribution < 1.29 is 29.2 Å². The monoisotopic (exact) mass is 309 g/mol. The van der Waals surface area contributed by atoms with Gasteiger partial charge in [0.25, 0.3) is 0 Å². The molecule has 120 valence electrons. The van der Waals surface area contributed by atoms with E-state index in [9.17, 15) is 14.4 Å². The van der Waals surface area contributed by atoms with Gasteiger partial charge in [-0.2, -0.15) is 0 Å². The van der Waals surface area contributed by atoms with Gasteiger partial charge in [-0.3, -0.25) is 9.59 Å². The fourth-order valence-electron chi connectivity index (χ4n) is 1.96. The Morgan fingerprint density at radius 2 is 1.68 bits per heavy atom. The smallest absolute Gasteiger partial charge is 0.326 e. The second-order valence-electron chi connectivity index (χ2n) is 4.96. The molecule has 1 aromatic heterocycles. The van der Waals surface area contributed by atoms with Crippen LogP contribution in [0.15, 0.2) is 30.6 Å². The topological polar surface area (TPSA) is 108 Å². The van der Waals surface area contributed by atoms with Gasteiger partial charge in [0.1, 0.15) is 12.6 Å². The average molecular weight is 309 g/mol. The summed E-state index contributed by atoms with van der Waals surface area (Å²) in [5.74, 6) is -2.66. The van der Waals surface area contributed by atoms with Crippen LogP contribution in [0.2, 0.25) is 0 Å². The van der Waals surface area contributed by atoms with Crippen LogP contribution in [0.3, 0.4) is 0 Å². The van der Waals surface area contributed by atoms with Crippen molar-refractivity contribution in [1.82, 2.24) is 5.32 Å². The van der Waals surface area contributed by atoms with Gasteiger partial charge in [0, 0.05) is 31.4 Å². The van der Waals surface area contributed by atoms with E-state index < -0.39 is 18.0 Å². The molecular weight excluding hydrogens is 288 g/mol. The van der Waals surface area contributed by atoms with Crippen molar-refractivity contribution in [3.63, 3.8) is 0 Å². The van der Waals surface area contributed by atoms with Gasteiger partial charge < -0.3 is 15.5 Å². The van der Waals surface area contributed by atoms with Crippen molar-refractivity contribution in [3.8, 4) is 0 Å². The van der Waals surface area contributed by atoms with Crippen LogP contribution in [0.5, 0.6) is 0 Å². The Morgan fingerprint density at radius 1 is 1.00 bits per heavy atom. The molecule has 0 aromatic carbocycles. The van der Waals surface area contributed by atoms with Crippen LogP contribution >= 0.6 is 0 Å². The molecule has 0 bridgehead atoms. The molecule has 1 heterocycles. The van der Waals surface area contributed by atoms with Crippen LogP contribution in [0.25, 0.3) is 0 Å². The first-order chi connectivity index (χ1) is 10.5. The van der Waals surface area contributed by atoms with Gasteiger partial charge in [0.2, 0.25) is 5.91 Å². The Hall–Kier alpha value is -2.44. The van der Waals surface area contributed by atoms with Crippen LogP contribution in [0.1, 0.15) is 32.1 Å². The van der Waals surface area contributed by atoms with Gasteiger partial charge in [-0.15, -0.1) is 0 Å². The lowest BCUT2D eigenvalue weighted by molar-refractivity contribution is -0.697. The summed E-state index contributed by atoms with van der Waals surface area (Å²) in [6.07, 6.45) is 5.13. The summed E-state index contributed by atoms with van der Waals surface area (Å²) in [4.78, 5) is 33.1. The van der Waals surface area contributed by atoms with E-state index in [1.807, 2.05) is 35.2 Å². The van der Waals surface area contributed by atoms with Gasteiger partial charge >= 0.3 is 11.9 Å². The van der Waals surface area contributed by atoms with Crippen molar-refractivity contribution in [2.75, 3.05) is 0 Å². The normalized spacial score (nSPS) is 11.6. The maximum Gasteiger partial charge on any atom is 0.326 e. The molecule has 0 saturated carbocycles. The van der Waals surface area contributed by atoms with E-state index in [2.05, 4.69) is 5.32 Å². The zero-order valence-electron chi connectivity index (χ0n) is 12.3. The van der Waals surface area contributed by atoms with E-state index in [-0.39, 0.29) is 25.2 Å². The number of nitrogens with zero attached hydrogens (tertiary/aromatic N) is 1. The third-order valence-electron chi connectivity index (χ3n) is 3.13. The Labute approximate surface area is 128 Å². The molecule has 0 fully saturated rings. The van der Waals surface area contributed by atoms with Crippen LogP contribution in [0.4, 0.5) is 0 Å². The van der Waals surface area contributed by atoms with E-state index in [0.717, 1.165) is 13.0 Å². The number of rotatable bonds is 10. The summed E-state index contributed by atoms with van der Waals surface area (Å²) in [7, 11) is 0. The molecule has 0 saturated heterocycles. The second kappa shape index (κ2) is 9.49. The minimum absolute atomic E-state index is 0.115. The number of amides is 1. The van der Waals surface area contributed by atoms with Crippen LogP contribution in [-0.2, 0) is 20.9 Å². The molecule has 0 aliphatic carbocycles. The van der Waals surface area contributed by atoms with Crippen LogP contribution in [0, 0.1) is 0 Å². The molecular formula is C15H21N2O5+. The molecule has 1 atom stereocenters. The quantitative estimate of drug-likeness (QED) is 0.433. The molecule has 1 aromatic rings. The third kappa shape index (κ3) is 7.37. The Bertz CT molecular complexity index is 504. The summed E-state index contributed by atoms with van der Waals surface area (Å²) < 4.78 is 2.00. The van der Waals surface area contributed by atoms with Gasteiger partial charge in [-0.1, -0.05) is 6.07 Å². The number of pyridine rings is 1. The molecule has 0 aliphatic heterocycles. The number of carboxylic acid groups (broad SMARTS) is 2. The molecule has 7 nitrogen and oxygen atoms in total. The second-order valence-corrected chi connectivity index (χ2v) is 4.96. The molecule has 1 amide bonds. The predicted octanol–water partition coefficient (Wildman–Crippen LogP) is 0.579. The van der Waals surface area contributed by atoms with Crippen LogP contribution in [-0.4, -0.2) is 34.1 Å². The molecule has 0 radical (unpaired) electrons. The number of unbranched alkanes of at least 4 members (excludes halogenated alkanes) is 1. The number of aliphatic carboxylic acids is 2. The third-order valence-corrected chi connectivity index (χ3v) is 3.13. The molecule has 3 N–H and O–H groups in total. The van der Waals surface area contributed by atoms with E-state index in [0.29, 0.717) is 6.42 Å². The fraction of sp³-hybridized carbons (Fsp3) is 0.467. The number of aromatic nitrogens is 1. The van der Waals surface area contributed by atoms with E-state index in [1.54, 1.807) is 0 Å². The van der Waals surface area contributed by atoms with Gasteiger partial charge in [0.15, 0.2) is 12.4 Å². The summed E-state index contributed by atoms with van der Waals surface area (Å²) in [6.45, 7) is 0.787. The number of hydrogen-bond donors (Lipinski definition) is 3. The Kier molecular flexibility index (Phi) is 7.60. The van der Waals surface area contributed by atoms with E-state index in [1.165, 1.54) is 0 Å². The molecule has 22 heavy (non-hydrogen) atoms. The SMILES string of the molecule is O=C(O)CCC(NC(=O)CCCC[n+]1ccccc1)C(=O)O. The van der Waals surface area contributed by atoms with Gasteiger partial charge in [-0.05, 0) is 12.8 Å².